The number of carbonyl (C=O) groups excluding carboxylic acids is 1. The van der Waals surface area contributed by atoms with Gasteiger partial charge in [0.25, 0.3) is 0 Å². The average molecular weight is 328 g/mol. The first-order valence-corrected chi connectivity index (χ1v) is 8.11. The first-order valence-electron chi connectivity index (χ1n) is 8.11. The van der Waals surface area contributed by atoms with Gasteiger partial charge < -0.3 is 15.0 Å². The van der Waals surface area contributed by atoms with Crippen LogP contribution in [-0.4, -0.2) is 37.0 Å². The van der Waals surface area contributed by atoms with Crippen LogP contribution in [0.2, 0.25) is 0 Å². The van der Waals surface area contributed by atoms with Crippen LogP contribution in [-0.2, 0) is 16.1 Å². The molecule has 1 heterocycles. The molecule has 1 aliphatic heterocycles. The highest BCUT2D eigenvalue weighted by atomic mass is 19.1. The van der Waals surface area contributed by atoms with E-state index in [4.69, 9.17) is 4.74 Å². The normalized spacial score (nSPS) is 17.7. The minimum Gasteiger partial charge on any atom is -0.367 e. The Morgan fingerprint density at radius 2 is 2.04 bits per heavy atom. The third kappa shape index (κ3) is 4.19. The molecule has 1 atom stereocenters. The van der Waals surface area contributed by atoms with Crippen LogP contribution < -0.4 is 5.32 Å². The molecule has 0 spiro atoms. The van der Waals surface area contributed by atoms with E-state index in [1.165, 1.54) is 12.1 Å². The predicted molar refractivity (Wildman–Crippen MR) is 89.8 cm³/mol. The number of hydrogen-bond acceptors (Lipinski definition) is 3. The lowest BCUT2D eigenvalue weighted by Gasteiger charge is -2.36. The Balaban J connectivity index is 1.61. The fourth-order valence-corrected chi connectivity index (χ4v) is 2.93. The molecule has 0 saturated carbocycles. The maximum atomic E-state index is 13.5. The zero-order valence-corrected chi connectivity index (χ0v) is 13.5. The average Bonchev–Trinajstić information content (AvgIpc) is 2.62. The van der Waals surface area contributed by atoms with Crippen molar-refractivity contribution in [3.8, 4) is 0 Å². The summed E-state index contributed by atoms with van der Waals surface area (Å²) in [6, 6.07) is 16.0. The molecular weight excluding hydrogens is 307 g/mol. The Morgan fingerprint density at radius 3 is 2.83 bits per heavy atom. The van der Waals surface area contributed by atoms with Crippen molar-refractivity contribution in [2.45, 2.75) is 12.6 Å². The number of ether oxygens (including phenoxy) is 1. The van der Waals surface area contributed by atoms with Crippen molar-refractivity contribution in [2.75, 3.05) is 26.2 Å². The second-order valence-corrected chi connectivity index (χ2v) is 5.84. The molecule has 1 saturated heterocycles. The lowest BCUT2D eigenvalue weighted by molar-refractivity contribution is -0.140. The van der Waals surface area contributed by atoms with Gasteiger partial charge in [0.05, 0.1) is 12.6 Å². The molecule has 0 aromatic heterocycles. The van der Waals surface area contributed by atoms with Crippen LogP contribution in [0.25, 0.3) is 0 Å². The van der Waals surface area contributed by atoms with Crippen LogP contribution >= 0.6 is 0 Å². The van der Waals surface area contributed by atoms with E-state index in [-0.39, 0.29) is 24.4 Å². The van der Waals surface area contributed by atoms with Gasteiger partial charge in [-0.25, -0.2) is 4.39 Å². The molecule has 1 amide bonds. The van der Waals surface area contributed by atoms with Crippen LogP contribution in [0.4, 0.5) is 4.39 Å². The molecule has 126 valence electrons. The number of carbonyl (C=O) groups is 1. The van der Waals surface area contributed by atoms with Gasteiger partial charge in [-0.2, -0.15) is 0 Å². The number of amides is 1. The summed E-state index contributed by atoms with van der Waals surface area (Å²) in [6.45, 7) is 2.38. The number of halogens is 1. The van der Waals surface area contributed by atoms with Crippen LogP contribution in [0.1, 0.15) is 17.2 Å². The van der Waals surface area contributed by atoms with Crippen molar-refractivity contribution in [3.63, 3.8) is 0 Å². The molecule has 1 unspecified atom stereocenters. The predicted octanol–water partition coefficient (Wildman–Crippen LogP) is 2.52. The SMILES string of the molecule is O=C(COCc1ccccc1)N1CCNCC1c1cccc(F)c1. The molecule has 0 aliphatic carbocycles. The minimum absolute atomic E-state index is 0.0285. The first-order chi connectivity index (χ1) is 11.7. The van der Waals surface area contributed by atoms with E-state index in [0.29, 0.717) is 19.7 Å². The summed E-state index contributed by atoms with van der Waals surface area (Å²) in [6.07, 6.45) is 0. The summed E-state index contributed by atoms with van der Waals surface area (Å²) in [5.74, 6) is -0.354. The zero-order chi connectivity index (χ0) is 16.8. The summed E-state index contributed by atoms with van der Waals surface area (Å²) >= 11 is 0. The maximum Gasteiger partial charge on any atom is 0.249 e. The van der Waals surface area contributed by atoms with E-state index in [0.717, 1.165) is 17.7 Å². The van der Waals surface area contributed by atoms with Gasteiger partial charge in [-0.05, 0) is 23.3 Å². The monoisotopic (exact) mass is 328 g/mol. The van der Waals surface area contributed by atoms with Gasteiger partial charge in [0, 0.05) is 19.6 Å². The van der Waals surface area contributed by atoms with Crippen LogP contribution in [0, 0.1) is 5.82 Å². The highest BCUT2D eigenvalue weighted by Gasteiger charge is 2.27. The topological polar surface area (TPSA) is 41.6 Å². The molecule has 1 fully saturated rings. The number of rotatable bonds is 5. The molecule has 0 bridgehead atoms. The Labute approximate surface area is 141 Å². The number of hydrogen-bond donors (Lipinski definition) is 1. The standard InChI is InChI=1S/C19H21FN2O2/c20-17-8-4-7-16(11-17)18-12-21-9-10-22(18)19(23)14-24-13-15-5-2-1-3-6-15/h1-8,11,18,21H,9-10,12-14H2. The second kappa shape index (κ2) is 8.04. The Bertz CT molecular complexity index is 678. The number of benzene rings is 2. The Hall–Kier alpha value is -2.24. The van der Waals surface area contributed by atoms with Crippen molar-refractivity contribution in [2.24, 2.45) is 0 Å². The van der Waals surface area contributed by atoms with Crippen molar-refractivity contribution >= 4 is 5.91 Å². The maximum absolute atomic E-state index is 13.5. The molecule has 5 heteroatoms. The van der Waals surface area contributed by atoms with Gasteiger partial charge in [0.2, 0.25) is 5.91 Å². The fraction of sp³-hybridized carbons (Fsp3) is 0.316. The van der Waals surface area contributed by atoms with E-state index in [2.05, 4.69) is 5.32 Å². The Morgan fingerprint density at radius 1 is 1.21 bits per heavy atom. The highest BCUT2D eigenvalue weighted by molar-refractivity contribution is 5.78. The lowest BCUT2D eigenvalue weighted by Crippen LogP contribution is -2.49. The molecule has 2 aromatic rings. The first kappa shape index (κ1) is 16.6. The highest BCUT2D eigenvalue weighted by Crippen LogP contribution is 2.23. The van der Waals surface area contributed by atoms with E-state index < -0.39 is 0 Å². The molecule has 4 nitrogen and oxygen atoms in total. The van der Waals surface area contributed by atoms with Crippen LogP contribution in [0.3, 0.4) is 0 Å². The molecule has 3 rings (SSSR count). The van der Waals surface area contributed by atoms with E-state index in [1.54, 1.807) is 11.0 Å². The number of nitrogens with one attached hydrogen (secondary N) is 1. The molecule has 0 radical (unpaired) electrons. The number of piperazine rings is 1. The van der Waals surface area contributed by atoms with Gasteiger partial charge in [0.15, 0.2) is 0 Å². The van der Waals surface area contributed by atoms with Crippen molar-refractivity contribution < 1.29 is 13.9 Å². The number of nitrogens with zero attached hydrogens (tertiary/aromatic N) is 1. The van der Waals surface area contributed by atoms with Crippen molar-refractivity contribution in [1.29, 1.82) is 0 Å². The van der Waals surface area contributed by atoms with Gasteiger partial charge in [-0.1, -0.05) is 42.5 Å². The quantitative estimate of drug-likeness (QED) is 0.917. The Kier molecular flexibility index (Phi) is 5.56. The fourth-order valence-electron chi connectivity index (χ4n) is 2.93. The molecule has 2 aromatic carbocycles. The molecular formula is C19H21FN2O2. The second-order valence-electron chi connectivity index (χ2n) is 5.84. The van der Waals surface area contributed by atoms with Crippen molar-refractivity contribution in [3.05, 3.63) is 71.5 Å². The van der Waals surface area contributed by atoms with E-state index in [1.807, 2.05) is 36.4 Å². The summed E-state index contributed by atoms with van der Waals surface area (Å²) < 4.78 is 19.0. The summed E-state index contributed by atoms with van der Waals surface area (Å²) in [4.78, 5) is 14.3. The van der Waals surface area contributed by atoms with E-state index >= 15 is 0 Å². The molecule has 24 heavy (non-hydrogen) atoms. The van der Waals surface area contributed by atoms with Crippen molar-refractivity contribution in [1.82, 2.24) is 10.2 Å². The largest absolute Gasteiger partial charge is 0.367 e. The summed E-state index contributed by atoms with van der Waals surface area (Å²) in [5.41, 5.74) is 1.84. The smallest absolute Gasteiger partial charge is 0.249 e. The van der Waals surface area contributed by atoms with Gasteiger partial charge in [0.1, 0.15) is 12.4 Å². The third-order valence-electron chi connectivity index (χ3n) is 4.13. The lowest BCUT2D eigenvalue weighted by atomic mass is 10.0. The van der Waals surface area contributed by atoms with Crippen LogP contribution in [0.15, 0.2) is 54.6 Å². The zero-order valence-electron chi connectivity index (χ0n) is 13.5. The van der Waals surface area contributed by atoms with Crippen LogP contribution in [0.5, 0.6) is 0 Å². The minimum atomic E-state index is -0.286. The molecule has 1 aliphatic rings. The van der Waals surface area contributed by atoms with Gasteiger partial charge >= 0.3 is 0 Å². The van der Waals surface area contributed by atoms with E-state index in [9.17, 15) is 9.18 Å². The van der Waals surface area contributed by atoms with Gasteiger partial charge in [-0.3, -0.25) is 4.79 Å². The van der Waals surface area contributed by atoms with Gasteiger partial charge in [-0.15, -0.1) is 0 Å². The summed E-state index contributed by atoms with van der Waals surface area (Å²) in [7, 11) is 0. The molecule has 1 N–H and O–H groups in total. The third-order valence-corrected chi connectivity index (χ3v) is 4.13. The summed E-state index contributed by atoms with van der Waals surface area (Å²) in [5, 5.41) is 3.26.